The average molecular weight is 478 g/mol. The highest BCUT2D eigenvalue weighted by atomic mass is 32.2. The summed E-state index contributed by atoms with van der Waals surface area (Å²) >= 11 is 3.28. The number of halogens is 2. The maximum Gasteiger partial charge on any atom is 0.253 e. The smallest absolute Gasteiger partial charge is 0.253 e. The number of hydrogen-bond acceptors (Lipinski definition) is 7. The van der Waals surface area contributed by atoms with Crippen LogP contribution in [-0.2, 0) is 6.54 Å². The fraction of sp³-hybridized carbons (Fsp3) is 0.522. The van der Waals surface area contributed by atoms with Crippen molar-refractivity contribution in [2.24, 2.45) is 5.92 Å². The first-order valence-corrected chi connectivity index (χ1v) is 12.9. The number of rotatable bonds is 6. The molecular weight excluding hydrogens is 448 g/mol. The summed E-state index contributed by atoms with van der Waals surface area (Å²) in [5, 5.41) is 0. The molecule has 3 heterocycles. The van der Waals surface area contributed by atoms with Crippen LogP contribution in [-0.4, -0.2) is 66.1 Å². The van der Waals surface area contributed by atoms with Gasteiger partial charge < -0.3 is 0 Å². The molecule has 172 valence electrons. The lowest BCUT2D eigenvalue weighted by Crippen LogP contribution is -2.42. The number of alkyl halides is 2. The van der Waals surface area contributed by atoms with E-state index < -0.39 is 11.8 Å². The SMILES string of the molecule is CSN1CCN(Cc2ccc(C)c(-c3ccc4c(n3)N(C)SN4CC3CC3(F)F)c2)CC1. The van der Waals surface area contributed by atoms with Crippen LogP contribution in [0.2, 0.25) is 0 Å². The van der Waals surface area contributed by atoms with E-state index in [0.717, 1.165) is 55.5 Å². The van der Waals surface area contributed by atoms with Gasteiger partial charge in [-0.15, -0.1) is 0 Å². The minimum atomic E-state index is -2.51. The molecule has 0 radical (unpaired) electrons. The third-order valence-electron chi connectivity index (χ3n) is 6.56. The van der Waals surface area contributed by atoms with Gasteiger partial charge in [-0.25, -0.2) is 18.1 Å². The van der Waals surface area contributed by atoms with Crippen LogP contribution in [0.15, 0.2) is 30.3 Å². The zero-order valence-corrected chi connectivity index (χ0v) is 20.4. The van der Waals surface area contributed by atoms with Gasteiger partial charge >= 0.3 is 0 Å². The monoisotopic (exact) mass is 477 g/mol. The van der Waals surface area contributed by atoms with Gasteiger partial charge in [-0.05, 0) is 42.5 Å². The Hall–Kier alpha value is -1.55. The Morgan fingerprint density at radius 2 is 1.91 bits per heavy atom. The maximum atomic E-state index is 13.4. The molecule has 1 unspecified atom stereocenters. The van der Waals surface area contributed by atoms with Gasteiger partial charge in [0.15, 0.2) is 5.82 Å². The predicted octanol–water partition coefficient (Wildman–Crippen LogP) is 4.93. The van der Waals surface area contributed by atoms with Crippen molar-refractivity contribution in [1.29, 1.82) is 0 Å². The second-order valence-corrected chi connectivity index (χ2v) is 10.9. The first-order chi connectivity index (χ1) is 15.3. The first-order valence-electron chi connectivity index (χ1n) is 11.0. The van der Waals surface area contributed by atoms with E-state index in [1.807, 2.05) is 39.7 Å². The van der Waals surface area contributed by atoms with Crippen molar-refractivity contribution in [3.8, 4) is 11.3 Å². The number of benzene rings is 1. The molecule has 0 spiro atoms. The van der Waals surface area contributed by atoms with Crippen LogP contribution >= 0.6 is 24.1 Å². The van der Waals surface area contributed by atoms with Gasteiger partial charge in [-0.2, -0.15) is 0 Å². The van der Waals surface area contributed by atoms with Gasteiger partial charge in [0.2, 0.25) is 0 Å². The van der Waals surface area contributed by atoms with Crippen LogP contribution in [0.5, 0.6) is 0 Å². The van der Waals surface area contributed by atoms with Gasteiger partial charge in [0, 0.05) is 64.2 Å². The van der Waals surface area contributed by atoms with E-state index in [2.05, 4.69) is 40.6 Å². The van der Waals surface area contributed by atoms with Gasteiger partial charge in [-0.1, -0.05) is 24.1 Å². The van der Waals surface area contributed by atoms with E-state index in [4.69, 9.17) is 4.98 Å². The Labute approximate surface area is 197 Å². The molecule has 0 N–H and O–H groups in total. The predicted molar refractivity (Wildman–Crippen MR) is 131 cm³/mol. The number of piperazine rings is 1. The number of aromatic nitrogens is 1. The van der Waals surface area contributed by atoms with E-state index in [1.54, 1.807) is 0 Å². The summed E-state index contributed by atoms with van der Waals surface area (Å²) in [6, 6.07) is 10.7. The number of hydrogen-bond donors (Lipinski definition) is 0. The first kappa shape index (κ1) is 22.3. The van der Waals surface area contributed by atoms with Crippen LogP contribution in [0, 0.1) is 12.8 Å². The van der Waals surface area contributed by atoms with E-state index in [9.17, 15) is 8.78 Å². The Bertz CT molecular complexity index is 996. The number of pyridine rings is 1. The molecule has 1 aliphatic carbocycles. The lowest BCUT2D eigenvalue weighted by Gasteiger charge is -2.33. The zero-order valence-electron chi connectivity index (χ0n) is 18.7. The zero-order chi connectivity index (χ0) is 22.5. The Balaban J connectivity index is 1.34. The molecule has 9 heteroatoms. The summed E-state index contributed by atoms with van der Waals surface area (Å²) in [7, 11) is 1.95. The van der Waals surface area contributed by atoms with Crippen molar-refractivity contribution in [1.82, 2.24) is 14.2 Å². The molecule has 2 aromatic rings. The van der Waals surface area contributed by atoms with Crippen LogP contribution in [0.4, 0.5) is 20.3 Å². The number of aryl methyl sites for hydroxylation is 1. The Morgan fingerprint density at radius 3 is 2.59 bits per heavy atom. The third kappa shape index (κ3) is 4.44. The third-order valence-corrected chi connectivity index (χ3v) is 8.40. The van der Waals surface area contributed by atoms with Crippen LogP contribution in [0.25, 0.3) is 11.3 Å². The highest BCUT2D eigenvalue weighted by Crippen LogP contribution is 2.52. The van der Waals surface area contributed by atoms with E-state index in [-0.39, 0.29) is 6.42 Å². The van der Waals surface area contributed by atoms with Gasteiger partial charge in [-0.3, -0.25) is 13.5 Å². The molecule has 3 aliphatic rings. The minimum absolute atomic E-state index is 0.00701. The molecule has 0 bridgehead atoms. The van der Waals surface area contributed by atoms with E-state index >= 15 is 0 Å². The summed E-state index contributed by atoms with van der Waals surface area (Å²) in [6.07, 6.45) is 2.13. The molecule has 1 aromatic heterocycles. The van der Waals surface area contributed by atoms with Crippen LogP contribution in [0.3, 0.4) is 0 Å². The lowest BCUT2D eigenvalue weighted by atomic mass is 10.0. The van der Waals surface area contributed by atoms with Crippen LogP contribution < -0.4 is 8.61 Å². The molecule has 0 amide bonds. The van der Waals surface area contributed by atoms with E-state index in [1.165, 1.54) is 23.3 Å². The van der Waals surface area contributed by atoms with Crippen LogP contribution in [0.1, 0.15) is 17.5 Å². The fourth-order valence-corrected chi connectivity index (χ4v) is 5.93. The number of fused-ring (bicyclic) bond motifs is 1. The topological polar surface area (TPSA) is 25.9 Å². The second kappa shape index (κ2) is 8.66. The molecular formula is C23H29F2N5S2. The van der Waals surface area contributed by atoms with E-state index in [0.29, 0.717) is 6.54 Å². The summed E-state index contributed by atoms with van der Waals surface area (Å²) < 4.78 is 33.2. The Kier molecular flexibility index (Phi) is 6.03. The van der Waals surface area contributed by atoms with Gasteiger partial charge in [0.1, 0.15) is 0 Å². The van der Waals surface area contributed by atoms with Gasteiger partial charge in [0.25, 0.3) is 5.92 Å². The number of nitrogens with zero attached hydrogens (tertiary/aromatic N) is 5. The van der Waals surface area contributed by atoms with Crippen molar-refractivity contribution in [3.63, 3.8) is 0 Å². The van der Waals surface area contributed by atoms with Gasteiger partial charge in [0.05, 0.1) is 23.5 Å². The molecule has 1 aromatic carbocycles. The molecule has 2 fully saturated rings. The van der Waals surface area contributed by atoms with Crippen molar-refractivity contribution in [2.45, 2.75) is 25.8 Å². The molecule has 32 heavy (non-hydrogen) atoms. The van der Waals surface area contributed by atoms with Crippen molar-refractivity contribution in [3.05, 3.63) is 41.5 Å². The molecule has 1 saturated carbocycles. The van der Waals surface area contributed by atoms with Crippen molar-refractivity contribution < 1.29 is 8.78 Å². The molecule has 5 rings (SSSR count). The number of anilines is 2. The quantitative estimate of drug-likeness (QED) is 0.545. The standard InChI is InChI=1S/C23H29F2N5S2/c1-16-4-5-17(14-28-8-10-29(31-3)11-9-28)12-19(16)20-6-7-21-22(26-20)27(2)32-30(21)15-18-13-23(18,24)25/h4-7,12,18H,8-11,13-15H2,1-3H3. The summed E-state index contributed by atoms with van der Waals surface area (Å²) in [5.74, 6) is -2.21. The highest BCUT2D eigenvalue weighted by molar-refractivity contribution is 8.02. The average Bonchev–Trinajstić information content (AvgIpc) is 3.27. The summed E-state index contributed by atoms with van der Waals surface area (Å²) in [6.45, 7) is 7.77. The van der Waals surface area contributed by atoms with Crippen molar-refractivity contribution in [2.75, 3.05) is 54.6 Å². The Morgan fingerprint density at radius 1 is 1.16 bits per heavy atom. The maximum absolute atomic E-state index is 13.4. The molecule has 5 nitrogen and oxygen atoms in total. The molecule has 1 saturated heterocycles. The highest BCUT2D eigenvalue weighted by Gasteiger charge is 2.57. The second-order valence-electron chi connectivity index (χ2n) is 8.88. The largest absolute Gasteiger partial charge is 0.296 e. The normalized spacial score (nSPS) is 23.0. The lowest BCUT2D eigenvalue weighted by molar-refractivity contribution is 0.101. The molecule has 2 aliphatic heterocycles. The summed E-state index contributed by atoms with van der Waals surface area (Å²) in [5.41, 5.74) is 5.48. The fourth-order valence-electron chi connectivity index (χ4n) is 4.42. The summed E-state index contributed by atoms with van der Waals surface area (Å²) in [4.78, 5) is 7.45. The minimum Gasteiger partial charge on any atom is -0.296 e. The van der Waals surface area contributed by atoms with Crippen molar-refractivity contribution >= 4 is 35.6 Å². The molecule has 1 atom stereocenters.